The Hall–Kier alpha value is -2.45. The van der Waals surface area contributed by atoms with E-state index in [9.17, 15) is 18.0 Å². The number of nitrogens with one attached hydrogen (secondary N) is 2. The standard InChI is InChI=1S/C17H21N3O4S/c1-14(15-8-4-2-5-9-15)19-25(23,24)13-7-3-6-11-20-12-10-16(21)18-17(20)22/h2-6,8-10,12,14,19H,7,11,13H2,1H3,(H,18,21,22)/b6-3+/t14-/m1/s1. The minimum atomic E-state index is -3.41. The summed E-state index contributed by atoms with van der Waals surface area (Å²) in [7, 11) is -3.41. The summed E-state index contributed by atoms with van der Waals surface area (Å²) >= 11 is 0. The number of rotatable bonds is 8. The fourth-order valence-electron chi connectivity index (χ4n) is 2.26. The molecule has 25 heavy (non-hydrogen) atoms. The van der Waals surface area contributed by atoms with Gasteiger partial charge in [-0.15, -0.1) is 0 Å². The molecule has 0 aliphatic rings. The summed E-state index contributed by atoms with van der Waals surface area (Å²) in [5, 5.41) is 0. The van der Waals surface area contributed by atoms with Gasteiger partial charge in [0, 0.05) is 24.8 Å². The summed E-state index contributed by atoms with van der Waals surface area (Å²) in [4.78, 5) is 24.6. The van der Waals surface area contributed by atoms with Crippen molar-refractivity contribution in [2.24, 2.45) is 0 Å². The van der Waals surface area contributed by atoms with Crippen molar-refractivity contribution in [3.63, 3.8) is 0 Å². The molecule has 0 unspecified atom stereocenters. The summed E-state index contributed by atoms with van der Waals surface area (Å²) < 4.78 is 28.2. The maximum Gasteiger partial charge on any atom is 0.328 e. The lowest BCUT2D eigenvalue weighted by atomic mass is 10.1. The number of aromatic nitrogens is 2. The third-order valence-corrected chi connectivity index (χ3v) is 5.06. The Bertz CT molecular complexity index is 930. The lowest BCUT2D eigenvalue weighted by molar-refractivity contribution is 0.566. The summed E-state index contributed by atoms with van der Waals surface area (Å²) in [5.74, 6) is -0.0405. The van der Waals surface area contributed by atoms with E-state index in [0.29, 0.717) is 6.42 Å². The van der Waals surface area contributed by atoms with E-state index in [4.69, 9.17) is 0 Å². The van der Waals surface area contributed by atoms with Gasteiger partial charge >= 0.3 is 5.69 Å². The maximum absolute atomic E-state index is 12.1. The van der Waals surface area contributed by atoms with Crippen LogP contribution in [0.1, 0.15) is 24.9 Å². The first kappa shape index (κ1) is 18.9. The highest BCUT2D eigenvalue weighted by atomic mass is 32.2. The lowest BCUT2D eigenvalue weighted by Gasteiger charge is -2.14. The number of H-pyrrole nitrogens is 1. The van der Waals surface area contributed by atoms with Gasteiger partial charge in [0.1, 0.15) is 0 Å². The van der Waals surface area contributed by atoms with E-state index in [1.54, 1.807) is 19.1 Å². The van der Waals surface area contributed by atoms with Gasteiger partial charge in [0.05, 0.1) is 5.75 Å². The summed E-state index contributed by atoms with van der Waals surface area (Å²) in [5.41, 5.74) is -0.0443. The molecule has 1 atom stereocenters. The molecule has 0 aliphatic heterocycles. The van der Waals surface area contributed by atoms with Gasteiger partial charge in [-0.2, -0.15) is 0 Å². The molecule has 2 N–H and O–H groups in total. The van der Waals surface area contributed by atoms with Crippen LogP contribution in [0, 0.1) is 0 Å². The van der Waals surface area contributed by atoms with Crippen LogP contribution in [0.5, 0.6) is 0 Å². The van der Waals surface area contributed by atoms with Crippen LogP contribution in [0.3, 0.4) is 0 Å². The second kappa shape index (κ2) is 8.59. The van der Waals surface area contributed by atoms with Gasteiger partial charge in [0.15, 0.2) is 0 Å². The highest BCUT2D eigenvalue weighted by molar-refractivity contribution is 7.89. The molecule has 0 spiro atoms. The molecule has 1 aromatic heterocycles. The molecule has 7 nitrogen and oxygen atoms in total. The molecule has 0 amide bonds. The molecular formula is C17H21N3O4S. The molecule has 0 aliphatic carbocycles. The van der Waals surface area contributed by atoms with Crippen molar-refractivity contribution in [3.8, 4) is 0 Å². The first-order valence-corrected chi connectivity index (χ1v) is 9.52. The van der Waals surface area contributed by atoms with Crippen LogP contribution in [0.25, 0.3) is 0 Å². The quantitative estimate of drug-likeness (QED) is 0.687. The Morgan fingerprint density at radius 3 is 2.56 bits per heavy atom. The number of benzene rings is 1. The Kier molecular flexibility index (Phi) is 6.49. The molecule has 0 fully saturated rings. The van der Waals surface area contributed by atoms with Crippen LogP contribution in [0.2, 0.25) is 0 Å². The van der Waals surface area contributed by atoms with Gasteiger partial charge < -0.3 is 0 Å². The number of hydrogen-bond acceptors (Lipinski definition) is 4. The fraction of sp³-hybridized carbons (Fsp3) is 0.294. The topological polar surface area (TPSA) is 101 Å². The highest BCUT2D eigenvalue weighted by Crippen LogP contribution is 2.12. The zero-order chi connectivity index (χ0) is 18.3. The van der Waals surface area contributed by atoms with E-state index in [0.717, 1.165) is 5.56 Å². The molecule has 0 saturated carbocycles. The third kappa shape index (κ3) is 6.17. The molecule has 2 aromatic rings. The number of nitrogens with zero attached hydrogens (tertiary/aromatic N) is 1. The molecule has 1 heterocycles. The second-order valence-corrected chi connectivity index (χ2v) is 7.47. The molecular weight excluding hydrogens is 342 g/mol. The van der Waals surface area contributed by atoms with Crippen LogP contribution in [0.4, 0.5) is 0 Å². The fourth-order valence-corrected chi connectivity index (χ4v) is 3.49. The Balaban J connectivity index is 1.83. The third-order valence-electron chi connectivity index (χ3n) is 3.57. The average Bonchev–Trinajstić information content (AvgIpc) is 2.56. The minimum absolute atomic E-state index is 0.0405. The average molecular weight is 363 g/mol. The zero-order valence-corrected chi connectivity index (χ0v) is 14.7. The number of sulfonamides is 1. The Morgan fingerprint density at radius 1 is 1.16 bits per heavy atom. The summed E-state index contributed by atoms with van der Waals surface area (Å²) in [6, 6.07) is 10.3. The van der Waals surface area contributed by atoms with Gasteiger partial charge in [-0.25, -0.2) is 17.9 Å². The predicted octanol–water partition coefficient (Wildman–Crippen LogP) is 1.16. The van der Waals surface area contributed by atoms with Crippen molar-refractivity contribution in [1.82, 2.24) is 14.3 Å². The van der Waals surface area contributed by atoms with Gasteiger partial charge in [-0.3, -0.25) is 14.3 Å². The van der Waals surface area contributed by atoms with Crippen LogP contribution >= 0.6 is 0 Å². The lowest BCUT2D eigenvalue weighted by Crippen LogP contribution is -2.29. The van der Waals surface area contributed by atoms with Crippen LogP contribution in [0.15, 0.2) is 64.3 Å². The summed E-state index contributed by atoms with van der Waals surface area (Å²) in [6.45, 7) is 2.06. The monoisotopic (exact) mass is 363 g/mol. The van der Waals surface area contributed by atoms with E-state index in [1.807, 2.05) is 30.3 Å². The SMILES string of the molecule is C[C@@H](NS(=O)(=O)CC/C=C/Cn1ccc(=O)[nH]c1=O)c1ccccc1. The van der Waals surface area contributed by atoms with Crippen LogP contribution < -0.4 is 16.0 Å². The first-order chi connectivity index (χ1) is 11.9. The first-order valence-electron chi connectivity index (χ1n) is 7.87. The molecule has 0 saturated heterocycles. The van der Waals surface area contributed by atoms with Gasteiger partial charge in [0.25, 0.3) is 5.56 Å². The predicted molar refractivity (Wildman–Crippen MR) is 96.9 cm³/mol. The second-order valence-electron chi connectivity index (χ2n) is 5.59. The largest absolute Gasteiger partial charge is 0.328 e. The van der Waals surface area contributed by atoms with Crippen molar-refractivity contribution in [2.45, 2.75) is 25.9 Å². The molecule has 134 valence electrons. The normalized spacial score (nSPS) is 13.2. The van der Waals surface area contributed by atoms with E-state index in [-0.39, 0.29) is 18.3 Å². The van der Waals surface area contributed by atoms with E-state index >= 15 is 0 Å². The Morgan fingerprint density at radius 2 is 1.88 bits per heavy atom. The Labute approximate surface area is 146 Å². The van der Waals surface area contributed by atoms with Gasteiger partial charge in [0.2, 0.25) is 10.0 Å². The van der Waals surface area contributed by atoms with E-state index in [1.165, 1.54) is 16.8 Å². The minimum Gasteiger partial charge on any atom is -0.297 e. The van der Waals surface area contributed by atoms with Crippen LogP contribution in [-0.4, -0.2) is 23.7 Å². The van der Waals surface area contributed by atoms with Crippen molar-refractivity contribution >= 4 is 10.0 Å². The number of aromatic amines is 1. The van der Waals surface area contributed by atoms with Gasteiger partial charge in [-0.1, -0.05) is 42.5 Å². The van der Waals surface area contributed by atoms with E-state index < -0.39 is 21.3 Å². The van der Waals surface area contributed by atoms with Crippen molar-refractivity contribution in [3.05, 3.63) is 81.1 Å². The smallest absolute Gasteiger partial charge is 0.297 e. The molecule has 8 heteroatoms. The number of allylic oxidation sites excluding steroid dienone is 2. The van der Waals surface area contributed by atoms with Crippen molar-refractivity contribution in [1.29, 1.82) is 0 Å². The number of hydrogen-bond donors (Lipinski definition) is 2. The highest BCUT2D eigenvalue weighted by Gasteiger charge is 2.14. The van der Waals surface area contributed by atoms with Crippen molar-refractivity contribution in [2.75, 3.05) is 5.75 Å². The van der Waals surface area contributed by atoms with Gasteiger partial charge in [-0.05, 0) is 18.9 Å². The maximum atomic E-state index is 12.1. The molecule has 2 rings (SSSR count). The van der Waals surface area contributed by atoms with Crippen molar-refractivity contribution < 1.29 is 8.42 Å². The van der Waals surface area contributed by atoms with E-state index in [2.05, 4.69) is 9.71 Å². The van der Waals surface area contributed by atoms with Crippen LogP contribution in [-0.2, 0) is 16.6 Å². The summed E-state index contributed by atoms with van der Waals surface area (Å²) in [6.07, 6.45) is 5.11. The molecule has 1 aromatic carbocycles. The molecule has 0 bridgehead atoms. The molecule has 0 radical (unpaired) electrons. The zero-order valence-electron chi connectivity index (χ0n) is 13.9.